The molecule has 2 aliphatic rings. The maximum absolute atomic E-state index is 6.86. The van der Waals surface area contributed by atoms with E-state index >= 15 is 0 Å². The summed E-state index contributed by atoms with van der Waals surface area (Å²) in [7, 11) is 0. The lowest BCUT2D eigenvalue weighted by molar-refractivity contribution is 0.447. The lowest BCUT2D eigenvalue weighted by Crippen LogP contribution is -2.06. The van der Waals surface area contributed by atoms with Crippen LogP contribution in [0.15, 0.2) is 138 Å². The minimum absolute atomic E-state index is 0.612. The molecule has 0 N–H and O–H groups in total. The molecular formula is C52H44O. The number of furan rings is 1. The quantitative estimate of drug-likeness (QED) is 0.168. The number of hydrogen-bond acceptors (Lipinski definition) is 1. The van der Waals surface area contributed by atoms with Gasteiger partial charge in [-0.1, -0.05) is 154 Å². The van der Waals surface area contributed by atoms with Gasteiger partial charge in [0.05, 0.1) is 0 Å². The van der Waals surface area contributed by atoms with Crippen molar-refractivity contribution in [2.75, 3.05) is 0 Å². The lowest BCUT2D eigenvalue weighted by atomic mass is 9.77. The van der Waals surface area contributed by atoms with Crippen molar-refractivity contribution in [1.29, 1.82) is 0 Å². The molecule has 1 heterocycles. The zero-order valence-electron chi connectivity index (χ0n) is 30.3. The van der Waals surface area contributed by atoms with Crippen molar-refractivity contribution in [2.24, 2.45) is 0 Å². The molecule has 1 nitrogen and oxygen atoms in total. The third-order valence-electron chi connectivity index (χ3n) is 13.0. The Bertz CT molecular complexity index is 2740. The second-order valence-corrected chi connectivity index (χ2v) is 15.9. The van der Waals surface area contributed by atoms with Crippen molar-refractivity contribution < 1.29 is 4.42 Å². The van der Waals surface area contributed by atoms with E-state index in [9.17, 15) is 0 Å². The molecule has 0 spiro atoms. The summed E-state index contributed by atoms with van der Waals surface area (Å²) in [6.07, 6.45) is 13.2. The highest BCUT2D eigenvalue weighted by molar-refractivity contribution is 6.23. The van der Waals surface area contributed by atoms with Crippen LogP contribution >= 0.6 is 0 Å². The van der Waals surface area contributed by atoms with Gasteiger partial charge in [0.1, 0.15) is 11.2 Å². The average Bonchev–Trinajstić information content (AvgIpc) is 3.61. The zero-order valence-corrected chi connectivity index (χ0v) is 30.3. The summed E-state index contributed by atoms with van der Waals surface area (Å²) >= 11 is 0. The van der Waals surface area contributed by atoms with Gasteiger partial charge in [-0.15, -0.1) is 0 Å². The third kappa shape index (κ3) is 4.90. The fraction of sp³-hybridized carbons (Fsp3) is 0.231. The van der Waals surface area contributed by atoms with Crippen LogP contribution in [0.2, 0.25) is 0 Å². The van der Waals surface area contributed by atoms with E-state index in [0.717, 1.165) is 11.2 Å². The van der Waals surface area contributed by atoms with Gasteiger partial charge in [-0.25, -0.2) is 0 Å². The van der Waals surface area contributed by atoms with Gasteiger partial charge in [0.2, 0.25) is 0 Å². The van der Waals surface area contributed by atoms with Crippen molar-refractivity contribution in [3.8, 4) is 22.3 Å². The van der Waals surface area contributed by atoms with E-state index in [1.165, 1.54) is 140 Å². The maximum Gasteiger partial charge on any atom is 0.136 e. The summed E-state index contributed by atoms with van der Waals surface area (Å²) in [6, 6.07) is 50.4. The molecule has 11 rings (SSSR count). The van der Waals surface area contributed by atoms with Crippen molar-refractivity contribution in [3.63, 3.8) is 0 Å². The molecule has 258 valence electrons. The predicted molar refractivity (Wildman–Crippen MR) is 226 cm³/mol. The molecule has 8 aromatic carbocycles. The Labute approximate surface area is 311 Å². The molecule has 0 bridgehead atoms. The van der Waals surface area contributed by atoms with E-state index in [-0.39, 0.29) is 0 Å². The van der Waals surface area contributed by atoms with Crippen molar-refractivity contribution >= 4 is 65.0 Å². The molecule has 0 unspecified atom stereocenters. The van der Waals surface area contributed by atoms with Crippen molar-refractivity contribution in [3.05, 3.63) is 145 Å². The highest BCUT2D eigenvalue weighted by atomic mass is 16.3. The minimum Gasteiger partial charge on any atom is -0.456 e. The van der Waals surface area contributed by atoms with Crippen LogP contribution in [0.5, 0.6) is 0 Å². The monoisotopic (exact) mass is 684 g/mol. The topological polar surface area (TPSA) is 13.1 Å². The molecule has 0 atom stereocenters. The first kappa shape index (κ1) is 31.2. The van der Waals surface area contributed by atoms with E-state index in [1.807, 2.05) is 0 Å². The SMILES string of the molecule is c1cc(-c2c3ccccc3c(C3CCCCC3)c3ccccc23)c2c(c1)oc1cc(-c3c4ccccc4c(C4CCCCC4)c4ccccc34)ccc12. The van der Waals surface area contributed by atoms with Crippen LogP contribution in [-0.2, 0) is 0 Å². The minimum atomic E-state index is 0.612. The van der Waals surface area contributed by atoms with Crippen LogP contribution in [0, 0.1) is 0 Å². The molecule has 53 heavy (non-hydrogen) atoms. The largest absolute Gasteiger partial charge is 0.456 e. The molecule has 1 heteroatoms. The van der Waals surface area contributed by atoms with Gasteiger partial charge < -0.3 is 4.42 Å². The Morgan fingerprint density at radius 2 is 0.811 bits per heavy atom. The normalized spacial score (nSPS) is 16.2. The summed E-state index contributed by atoms with van der Waals surface area (Å²) < 4.78 is 6.86. The Morgan fingerprint density at radius 1 is 0.358 bits per heavy atom. The summed E-state index contributed by atoms with van der Waals surface area (Å²) in [4.78, 5) is 0. The second-order valence-electron chi connectivity index (χ2n) is 15.9. The van der Waals surface area contributed by atoms with E-state index in [1.54, 1.807) is 11.1 Å². The highest BCUT2D eigenvalue weighted by Gasteiger charge is 2.26. The zero-order chi connectivity index (χ0) is 34.9. The standard InChI is InChI=1S/C52H44O/c1-3-16-33(17-4-1)48-36-20-7-9-22-38(36)50(39-23-10-8-21-37(39)48)35-30-31-44-47(32-35)53-46-29-15-28-45(52(44)46)51-42-26-13-11-24-40(42)49(34-18-5-2-6-19-34)41-25-12-14-27-43(41)51/h7-15,20-34H,1-6,16-19H2. The number of fused-ring (bicyclic) bond motifs is 7. The molecule has 0 aliphatic heterocycles. The number of benzene rings is 8. The van der Waals surface area contributed by atoms with Gasteiger partial charge >= 0.3 is 0 Å². The predicted octanol–water partition coefficient (Wildman–Crippen LogP) is 15.6. The van der Waals surface area contributed by atoms with Gasteiger partial charge in [0, 0.05) is 10.8 Å². The highest BCUT2D eigenvalue weighted by Crippen LogP contribution is 2.50. The molecule has 0 saturated heterocycles. The maximum atomic E-state index is 6.86. The van der Waals surface area contributed by atoms with Gasteiger partial charge in [-0.2, -0.15) is 0 Å². The van der Waals surface area contributed by atoms with Gasteiger partial charge in [-0.3, -0.25) is 0 Å². The Morgan fingerprint density at radius 3 is 1.30 bits per heavy atom. The van der Waals surface area contributed by atoms with Crippen LogP contribution in [0.3, 0.4) is 0 Å². The number of hydrogen-bond donors (Lipinski definition) is 0. The van der Waals surface area contributed by atoms with E-state index in [4.69, 9.17) is 4.42 Å². The smallest absolute Gasteiger partial charge is 0.136 e. The van der Waals surface area contributed by atoms with Crippen LogP contribution in [0.1, 0.15) is 87.2 Å². The summed E-state index contributed by atoms with van der Waals surface area (Å²) in [5.74, 6) is 1.23. The molecular weight excluding hydrogens is 641 g/mol. The third-order valence-corrected chi connectivity index (χ3v) is 13.0. The fourth-order valence-corrected chi connectivity index (χ4v) is 10.8. The average molecular weight is 685 g/mol. The van der Waals surface area contributed by atoms with Gasteiger partial charge in [0.15, 0.2) is 0 Å². The van der Waals surface area contributed by atoms with E-state index in [0.29, 0.717) is 11.8 Å². The Hall–Kier alpha value is -5.40. The van der Waals surface area contributed by atoms with Crippen LogP contribution in [0.25, 0.3) is 87.3 Å². The molecule has 1 aromatic heterocycles. The first-order valence-corrected chi connectivity index (χ1v) is 20.2. The molecule has 2 saturated carbocycles. The molecule has 0 amide bonds. The first-order chi connectivity index (χ1) is 26.3. The molecule has 2 aliphatic carbocycles. The first-order valence-electron chi connectivity index (χ1n) is 20.2. The van der Waals surface area contributed by atoms with Crippen LogP contribution in [-0.4, -0.2) is 0 Å². The summed E-state index contributed by atoms with van der Waals surface area (Å²) in [5, 5.41) is 13.4. The molecule has 2 fully saturated rings. The number of rotatable bonds is 4. The van der Waals surface area contributed by atoms with E-state index in [2.05, 4.69) is 133 Å². The van der Waals surface area contributed by atoms with Crippen LogP contribution < -0.4 is 0 Å². The van der Waals surface area contributed by atoms with Crippen molar-refractivity contribution in [2.45, 2.75) is 76.0 Å². The van der Waals surface area contributed by atoms with E-state index < -0.39 is 0 Å². The second kappa shape index (κ2) is 12.6. The lowest BCUT2D eigenvalue weighted by Gasteiger charge is -2.27. The van der Waals surface area contributed by atoms with Crippen LogP contribution in [0.4, 0.5) is 0 Å². The molecule has 9 aromatic rings. The van der Waals surface area contributed by atoms with Crippen molar-refractivity contribution in [1.82, 2.24) is 0 Å². The summed E-state index contributed by atoms with van der Waals surface area (Å²) in [6.45, 7) is 0. The van der Waals surface area contributed by atoms with Gasteiger partial charge in [0.25, 0.3) is 0 Å². The summed E-state index contributed by atoms with van der Waals surface area (Å²) in [5.41, 5.74) is 10.1. The fourth-order valence-electron chi connectivity index (χ4n) is 10.8. The Balaban J connectivity index is 1.15. The molecule has 0 radical (unpaired) electrons. The Kier molecular flexibility index (Phi) is 7.42. The van der Waals surface area contributed by atoms with Gasteiger partial charge in [-0.05, 0) is 132 Å².